The van der Waals surface area contributed by atoms with Crippen LogP contribution < -0.4 is 21.3 Å². The molecule has 2 atom stereocenters. The largest absolute Gasteiger partial charge is 0.366 e. The van der Waals surface area contributed by atoms with E-state index in [1.807, 2.05) is 18.3 Å². The van der Waals surface area contributed by atoms with E-state index < -0.39 is 0 Å². The Bertz CT molecular complexity index is 1200. The lowest BCUT2D eigenvalue weighted by Gasteiger charge is -2.37. The second kappa shape index (κ2) is 7.69. The van der Waals surface area contributed by atoms with E-state index in [-0.39, 0.29) is 11.4 Å². The Morgan fingerprint density at radius 2 is 2.09 bits per heavy atom. The van der Waals surface area contributed by atoms with Crippen LogP contribution in [0.4, 0.5) is 17.5 Å². The lowest BCUT2D eigenvalue weighted by atomic mass is 9.94. The van der Waals surface area contributed by atoms with Crippen LogP contribution in [0.5, 0.6) is 0 Å². The zero-order chi connectivity index (χ0) is 22.6. The Morgan fingerprint density at radius 1 is 1.24 bits per heavy atom. The predicted molar refractivity (Wildman–Crippen MR) is 128 cm³/mol. The number of carbonyl (C=O) groups is 1. The summed E-state index contributed by atoms with van der Waals surface area (Å²) in [6, 6.07) is 6.31. The Morgan fingerprint density at radius 3 is 2.85 bits per heavy atom. The van der Waals surface area contributed by atoms with E-state index in [0.717, 1.165) is 42.5 Å². The van der Waals surface area contributed by atoms with Gasteiger partial charge in [0.15, 0.2) is 0 Å². The van der Waals surface area contributed by atoms with Gasteiger partial charge in [0.2, 0.25) is 5.95 Å². The highest BCUT2D eigenvalue weighted by Gasteiger charge is 2.42. The number of rotatable bonds is 4. The number of nitrogens with one attached hydrogen (secondary N) is 2. The Labute approximate surface area is 192 Å². The van der Waals surface area contributed by atoms with Gasteiger partial charge in [-0.3, -0.25) is 4.79 Å². The fourth-order valence-electron chi connectivity index (χ4n) is 5.98. The molecule has 4 N–H and O–H groups in total. The molecule has 5 heterocycles. The number of nitrogens with two attached hydrogens (primary N) is 1. The lowest BCUT2D eigenvalue weighted by molar-refractivity contribution is 0.0876. The van der Waals surface area contributed by atoms with Gasteiger partial charge in [0.25, 0.3) is 5.91 Å². The number of amides is 1. The van der Waals surface area contributed by atoms with Crippen molar-refractivity contribution in [3.8, 4) is 0 Å². The van der Waals surface area contributed by atoms with Crippen LogP contribution in [0.25, 0.3) is 11.0 Å². The van der Waals surface area contributed by atoms with Gasteiger partial charge in [-0.25, -0.2) is 9.97 Å². The zero-order valence-corrected chi connectivity index (χ0v) is 18.9. The minimum absolute atomic E-state index is 0.0377. The third-order valence-electron chi connectivity index (χ3n) is 7.58. The molecule has 33 heavy (non-hydrogen) atoms. The summed E-state index contributed by atoms with van der Waals surface area (Å²) < 4.78 is 2.17. The van der Waals surface area contributed by atoms with Gasteiger partial charge in [-0.1, -0.05) is 19.8 Å². The smallest absolute Gasteiger partial charge is 0.268 e. The standard InChI is InChI=1S/C24H30N8O/c1-15-8-18(10-25)31(13-15)17-4-5-20(26-12-17)29-23-27-11-16-9-19-22(33)28-14-24(6-2-3-7-24)32(19)21(16)30-23/h4-5,9,11-12,15,18H,2-3,6-8,10,13-14,25H2,1H3,(H,28,33)(H,26,27,29,30)/t15-,18+/m0/s1. The molecular weight excluding hydrogens is 416 g/mol. The maximum absolute atomic E-state index is 12.6. The van der Waals surface area contributed by atoms with Gasteiger partial charge in [0.1, 0.15) is 17.2 Å². The maximum Gasteiger partial charge on any atom is 0.268 e. The number of anilines is 3. The summed E-state index contributed by atoms with van der Waals surface area (Å²) in [5, 5.41) is 7.21. The number of pyridine rings is 1. The summed E-state index contributed by atoms with van der Waals surface area (Å²) in [6.45, 7) is 4.58. The number of nitrogens with zero attached hydrogens (tertiary/aromatic N) is 5. The molecule has 9 heteroatoms. The third-order valence-corrected chi connectivity index (χ3v) is 7.58. The summed E-state index contributed by atoms with van der Waals surface area (Å²) in [5.74, 6) is 1.77. The molecule has 0 bridgehead atoms. The molecule has 1 amide bonds. The molecule has 1 saturated carbocycles. The van der Waals surface area contributed by atoms with Gasteiger partial charge >= 0.3 is 0 Å². The molecule has 0 radical (unpaired) electrons. The summed E-state index contributed by atoms with van der Waals surface area (Å²) in [5.41, 5.74) is 8.48. The van der Waals surface area contributed by atoms with Crippen molar-refractivity contribution in [1.29, 1.82) is 0 Å². The normalized spacial score (nSPS) is 23.8. The summed E-state index contributed by atoms with van der Waals surface area (Å²) in [7, 11) is 0. The van der Waals surface area contributed by atoms with Gasteiger partial charge in [-0.05, 0) is 43.4 Å². The van der Waals surface area contributed by atoms with Crippen LogP contribution >= 0.6 is 0 Å². The fraction of sp³-hybridized carbons (Fsp3) is 0.500. The van der Waals surface area contributed by atoms with E-state index in [1.165, 1.54) is 12.8 Å². The first-order chi connectivity index (χ1) is 16.1. The summed E-state index contributed by atoms with van der Waals surface area (Å²) >= 11 is 0. The number of carbonyl (C=O) groups excluding carboxylic acids is 1. The summed E-state index contributed by atoms with van der Waals surface area (Å²) in [4.78, 5) is 28.8. The molecule has 0 unspecified atom stereocenters. The molecule has 9 nitrogen and oxygen atoms in total. The first-order valence-corrected chi connectivity index (χ1v) is 11.9. The molecule has 1 saturated heterocycles. The van der Waals surface area contributed by atoms with Crippen molar-refractivity contribution in [1.82, 2.24) is 24.8 Å². The van der Waals surface area contributed by atoms with Crippen LogP contribution in [0.3, 0.4) is 0 Å². The van der Waals surface area contributed by atoms with Crippen LogP contribution in [0.2, 0.25) is 0 Å². The third kappa shape index (κ3) is 3.33. The molecule has 1 spiro atoms. The summed E-state index contributed by atoms with van der Waals surface area (Å²) in [6.07, 6.45) is 9.24. The van der Waals surface area contributed by atoms with Crippen molar-refractivity contribution < 1.29 is 4.79 Å². The molecule has 6 rings (SSSR count). The van der Waals surface area contributed by atoms with Crippen LogP contribution in [0, 0.1) is 5.92 Å². The predicted octanol–water partition coefficient (Wildman–Crippen LogP) is 2.76. The molecule has 0 aromatic carbocycles. The Kier molecular flexibility index (Phi) is 4.76. The van der Waals surface area contributed by atoms with E-state index in [1.54, 1.807) is 6.20 Å². The molecular formula is C24H30N8O. The van der Waals surface area contributed by atoms with Crippen molar-refractivity contribution in [2.45, 2.75) is 50.6 Å². The first kappa shape index (κ1) is 20.4. The fourth-order valence-corrected chi connectivity index (χ4v) is 5.98. The maximum atomic E-state index is 12.6. The van der Waals surface area contributed by atoms with Gasteiger partial charge in [0.05, 0.1) is 17.4 Å². The number of fused-ring (bicyclic) bond motifs is 4. The lowest BCUT2D eigenvalue weighted by Crippen LogP contribution is -2.50. The topological polar surface area (TPSA) is 114 Å². The van der Waals surface area contributed by atoms with Crippen molar-refractivity contribution in [2.24, 2.45) is 11.7 Å². The van der Waals surface area contributed by atoms with E-state index in [9.17, 15) is 4.79 Å². The highest BCUT2D eigenvalue weighted by molar-refractivity contribution is 5.99. The van der Waals surface area contributed by atoms with Crippen LogP contribution in [0.1, 0.15) is 49.5 Å². The van der Waals surface area contributed by atoms with Crippen LogP contribution in [-0.4, -0.2) is 51.1 Å². The van der Waals surface area contributed by atoms with Crippen molar-refractivity contribution in [2.75, 3.05) is 29.9 Å². The monoisotopic (exact) mass is 446 g/mol. The molecule has 3 aromatic heterocycles. The zero-order valence-electron chi connectivity index (χ0n) is 18.9. The van der Waals surface area contributed by atoms with Crippen LogP contribution in [0.15, 0.2) is 30.6 Å². The second-order valence-electron chi connectivity index (χ2n) is 9.86. The second-order valence-corrected chi connectivity index (χ2v) is 9.86. The van der Waals surface area contributed by atoms with Crippen molar-refractivity contribution >= 4 is 34.4 Å². The molecule has 3 aromatic rings. The number of aromatic nitrogens is 4. The van der Waals surface area contributed by atoms with Gasteiger partial charge in [0, 0.05) is 37.3 Å². The van der Waals surface area contributed by atoms with E-state index in [4.69, 9.17) is 10.7 Å². The first-order valence-electron chi connectivity index (χ1n) is 11.9. The number of hydrogen-bond donors (Lipinski definition) is 3. The van der Waals surface area contributed by atoms with Gasteiger partial charge in [-0.2, -0.15) is 4.98 Å². The van der Waals surface area contributed by atoms with Gasteiger partial charge < -0.3 is 25.8 Å². The van der Waals surface area contributed by atoms with E-state index in [0.29, 0.717) is 42.5 Å². The SMILES string of the molecule is C[C@H]1C[C@H](CN)N(c2ccc(Nc3ncc4cc5n(c4n3)C3(CCCC3)CNC5=O)nc2)C1. The van der Waals surface area contributed by atoms with Crippen molar-refractivity contribution in [3.63, 3.8) is 0 Å². The Balaban J connectivity index is 1.29. The molecule has 2 fully saturated rings. The number of hydrogen-bond acceptors (Lipinski definition) is 7. The quantitative estimate of drug-likeness (QED) is 0.565. The molecule has 3 aliphatic rings. The minimum atomic E-state index is -0.0804. The average molecular weight is 447 g/mol. The van der Waals surface area contributed by atoms with E-state index >= 15 is 0 Å². The highest BCUT2D eigenvalue weighted by Crippen LogP contribution is 2.41. The molecule has 172 valence electrons. The molecule has 1 aliphatic carbocycles. The van der Waals surface area contributed by atoms with Gasteiger partial charge in [-0.15, -0.1) is 0 Å². The Hall–Kier alpha value is -3.20. The minimum Gasteiger partial charge on any atom is -0.366 e. The average Bonchev–Trinajstić information content (AvgIpc) is 3.54. The van der Waals surface area contributed by atoms with Crippen LogP contribution in [-0.2, 0) is 5.54 Å². The molecule has 2 aliphatic heterocycles. The van der Waals surface area contributed by atoms with Crippen molar-refractivity contribution in [3.05, 3.63) is 36.3 Å². The van der Waals surface area contributed by atoms with E-state index in [2.05, 4.69) is 43.1 Å². The highest BCUT2D eigenvalue weighted by atomic mass is 16.2.